The van der Waals surface area contributed by atoms with Gasteiger partial charge in [-0.2, -0.15) is 0 Å². The van der Waals surface area contributed by atoms with Crippen LogP contribution in [0.3, 0.4) is 0 Å². The Labute approximate surface area is 170 Å². The molecule has 152 valence electrons. The Hall–Kier alpha value is -1.84. The highest BCUT2D eigenvalue weighted by molar-refractivity contribution is 5.36. The van der Waals surface area contributed by atoms with Gasteiger partial charge < -0.3 is 14.7 Å². The van der Waals surface area contributed by atoms with E-state index in [4.69, 9.17) is 4.74 Å². The lowest BCUT2D eigenvalue weighted by atomic mass is 9.90. The summed E-state index contributed by atoms with van der Waals surface area (Å²) in [4.78, 5) is 2.38. The smallest absolute Gasteiger partial charge is 0.119 e. The molecule has 1 N–H and O–H groups in total. The van der Waals surface area contributed by atoms with Crippen molar-refractivity contribution < 1.29 is 9.84 Å². The van der Waals surface area contributed by atoms with Gasteiger partial charge in [0, 0.05) is 6.54 Å². The van der Waals surface area contributed by atoms with Gasteiger partial charge in [0.25, 0.3) is 0 Å². The Bertz CT molecular complexity index is 721. The van der Waals surface area contributed by atoms with Gasteiger partial charge in [0.15, 0.2) is 0 Å². The highest BCUT2D eigenvalue weighted by Gasteiger charge is 2.21. The van der Waals surface area contributed by atoms with E-state index in [1.165, 1.54) is 36.0 Å². The van der Waals surface area contributed by atoms with E-state index in [9.17, 15) is 5.11 Å². The molecule has 0 spiro atoms. The summed E-state index contributed by atoms with van der Waals surface area (Å²) < 4.78 is 5.85. The number of aliphatic hydroxyl groups excluding tert-OH is 1. The number of benzene rings is 2. The summed E-state index contributed by atoms with van der Waals surface area (Å²) in [6.07, 6.45) is 3.14. The van der Waals surface area contributed by atoms with Gasteiger partial charge in [-0.1, -0.05) is 50.2 Å². The van der Waals surface area contributed by atoms with Crippen LogP contribution in [0.5, 0.6) is 5.75 Å². The van der Waals surface area contributed by atoms with Gasteiger partial charge in [0.05, 0.1) is 0 Å². The van der Waals surface area contributed by atoms with E-state index in [2.05, 4.69) is 68.1 Å². The maximum absolute atomic E-state index is 10.4. The molecule has 1 aliphatic heterocycles. The van der Waals surface area contributed by atoms with Crippen molar-refractivity contribution in [2.45, 2.75) is 52.1 Å². The van der Waals surface area contributed by atoms with Crippen LogP contribution in [-0.2, 0) is 6.42 Å². The van der Waals surface area contributed by atoms with Crippen molar-refractivity contribution in [3.05, 3.63) is 65.2 Å². The monoisotopic (exact) mass is 381 g/mol. The summed E-state index contributed by atoms with van der Waals surface area (Å²) in [7, 11) is 0. The van der Waals surface area contributed by atoms with E-state index in [1.54, 1.807) is 0 Å². The number of aryl methyl sites for hydroxylation is 1. The molecular formula is C25H35NO2. The maximum Gasteiger partial charge on any atom is 0.119 e. The van der Waals surface area contributed by atoms with Gasteiger partial charge in [-0.05, 0) is 79.9 Å². The zero-order valence-corrected chi connectivity index (χ0v) is 17.6. The Morgan fingerprint density at radius 3 is 2.43 bits per heavy atom. The first-order valence-electron chi connectivity index (χ1n) is 10.7. The number of rotatable bonds is 8. The van der Waals surface area contributed by atoms with Crippen LogP contribution >= 0.6 is 0 Å². The molecule has 0 aromatic heterocycles. The van der Waals surface area contributed by atoms with Gasteiger partial charge in [0.2, 0.25) is 0 Å². The standard InChI is InChI=1S/C25H35NO2/c1-19(2)25-10-9-24(15-20(25)3)28-18-23(27)17-26-13-11-22(12-14-26)16-21-7-5-4-6-8-21/h4-10,15,19,22-23,27H,11-14,16-18H2,1-3H3/t23-/m0/s1. The molecule has 0 aliphatic carbocycles. The molecule has 0 amide bonds. The van der Waals surface area contributed by atoms with Crippen LogP contribution in [-0.4, -0.2) is 42.4 Å². The van der Waals surface area contributed by atoms with Gasteiger partial charge >= 0.3 is 0 Å². The number of ether oxygens (including phenoxy) is 1. The van der Waals surface area contributed by atoms with E-state index in [0.717, 1.165) is 24.8 Å². The van der Waals surface area contributed by atoms with Gasteiger partial charge in [-0.3, -0.25) is 0 Å². The molecule has 1 aliphatic rings. The molecule has 3 heteroatoms. The molecule has 28 heavy (non-hydrogen) atoms. The molecule has 1 saturated heterocycles. The molecule has 0 unspecified atom stereocenters. The van der Waals surface area contributed by atoms with Crippen LogP contribution in [0.1, 0.15) is 49.3 Å². The second kappa shape index (κ2) is 10.1. The molecular weight excluding hydrogens is 346 g/mol. The zero-order valence-electron chi connectivity index (χ0n) is 17.6. The Kier molecular flexibility index (Phi) is 7.52. The molecule has 1 heterocycles. The summed E-state index contributed by atoms with van der Waals surface area (Å²) in [5, 5.41) is 10.4. The van der Waals surface area contributed by atoms with Crippen molar-refractivity contribution in [2.75, 3.05) is 26.2 Å². The quantitative estimate of drug-likeness (QED) is 0.712. The summed E-state index contributed by atoms with van der Waals surface area (Å²) >= 11 is 0. The van der Waals surface area contributed by atoms with Crippen LogP contribution in [0.25, 0.3) is 0 Å². The van der Waals surface area contributed by atoms with E-state index < -0.39 is 6.10 Å². The van der Waals surface area contributed by atoms with Gasteiger partial charge in [-0.25, -0.2) is 0 Å². The van der Waals surface area contributed by atoms with Crippen LogP contribution in [0.15, 0.2) is 48.5 Å². The number of likely N-dealkylation sites (tertiary alicyclic amines) is 1. The number of piperidine rings is 1. The Morgan fingerprint density at radius 2 is 1.79 bits per heavy atom. The minimum Gasteiger partial charge on any atom is -0.491 e. The fourth-order valence-electron chi connectivity index (χ4n) is 4.25. The second-order valence-electron chi connectivity index (χ2n) is 8.57. The van der Waals surface area contributed by atoms with E-state index in [1.807, 2.05) is 6.07 Å². The maximum atomic E-state index is 10.4. The van der Waals surface area contributed by atoms with Crippen LogP contribution < -0.4 is 4.74 Å². The number of hydrogen-bond donors (Lipinski definition) is 1. The van der Waals surface area contributed by atoms with E-state index in [0.29, 0.717) is 19.1 Å². The lowest BCUT2D eigenvalue weighted by molar-refractivity contribution is 0.0550. The Morgan fingerprint density at radius 1 is 1.07 bits per heavy atom. The van der Waals surface area contributed by atoms with Gasteiger partial charge in [-0.15, -0.1) is 0 Å². The van der Waals surface area contributed by atoms with Gasteiger partial charge in [0.1, 0.15) is 18.5 Å². The van der Waals surface area contributed by atoms with Crippen molar-refractivity contribution in [2.24, 2.45) is 5.92 Å². The van der Waals surface area contributed by atoms with Crippen molar-refractivity contribution >= 4 is 0 Å². The predicted molar refractivity (Wildman–Crippen MR) is 116 cm³/mol. The SMILES string of the molecule is Cc1cc(OC[C@@H](O)CN2CCC(Cc3ccccc3)CC2)ccc1C(C)C. The first-order valence-corrected chi connectivity index (χ1v) is 10.7. The fraction of sp³-hybridized carbons (Fsp3) is 0.520. The molecule has 2 aromatic rings. The normalized spacial score (nSPS) is 17.0. The number of aliphatic hydroxyl groups is 1. The molecule has 0 bridgehead atoms. The lowest BCUT2D eigenvalue weighted by Gasteiger charge is -2.33. The van der Waals surface area contributed by atoms with E-state index in [-0.39, 0.29) is 0 Å². The average molecular weight is 382 g/mol. The second-order valence-corrected chi connectivity index (χ2v) is 8.57. The summed E-state index contributed by atoms with van der Waals surface area (Å²) in [5.41, 5.74) is 4.04. The van der Waals surface area contributed by atoms with Crippen molar-refractivity contribution in [1.29, 1.82) is 0 Å². The topological polar surface area (TPSA) is 32.7 Å². The number of nitrogens with zero attached hydrogens (tertiary/aromatic N) is 1. The van der Waals surface area contributed by atoms with Crippen molar-refractivity contribution in [3.63, 3.8) is 0 Å². The molecule has 1 fully saturated rings. The van der Waals surface area contributed by atoms with Crippen molar-refractivity contribution in [1.82, 2.24) is 4.90 Å². The van der Waals surface area contributed by atoms with Crippen LogP contribution in [0, 0.1) is 12.8 Å². The fourth-order valence-corrected chi connectivity index (χ4v) is 4.25. The number of hydrogen-bond acceptors (Lipinski definition) is 3. The molecule has 3 rings (SSSR count). The largest absolute Gasteiger partial charge is 0.491 e. The number of β-amino-alcohol motifs (C(OH)–C–C–N with tert-alkyl or cyclic N) is 1. The predicted octanol–water partition coefficient (Wildman–Crippen LogP) is 4.81. The lowest BCUT2D eigenvalue weighted by Crippen LogP contribution is -2.41. The van der Waals surface area contributed by atoms with Crippen LogP contribution in [0.2, 0.25) is 0 Å². The third-order valence-electron chi connectivity index (χ3n) is 5.85. The Balaban J connectivity index is 1.39. The first kappa shape index (κ1) is 20.9. The van der Waals surface area contributed by atoms with Crippen molar-refractivity contribution in [3.8, 4) is 5.75 Å². The summed E-state index contributed by atoms with van der Waals surface area (Å²) in [6, 6.07) is 17.0. The average Bonchev–Trinajstić information content (AvgIpc) is 2.68. The van der Waals surface area contributed by atoms with Crippen LogP contribution in [0.4, 0.5) is 0 Å². The first-order chi connectivity index (χ1) is 13.5. The summed E-state index contributed by atoms with van der Waals surface area (Å²) in [5.74, 6) is 2.13. The minimum atomic E-state index is -0.448. The highest BCUT2D eigenvalue weighted by atomic mass is 16.5. The molecule has 2 aromatic carbocycles. The zero-order chi connectivity index (χ0) is 19.9. The summed E-state index contributed by atoms with van der Waals surface area (Å²) in [6.45, 7) is 9.71. The molecule has 3 nitrogen and oxygen atoms in total. The third-order valence-corrected chi connectivity index (χ3v) is 5.85. The molecule has 1 atom stereocenters. The molecule has 0 saturated carbocycles. The third kappa shape index (κ3) is 6.08. The molecule has 0 radical (unpaired) electrons. The minimum absolute atomic E-state index is 0.352. The van der Waals surface area contributed by atoms with E-state index >= 15 is 0 Å². The highest BCUT2D eigenvalue weighted by Crippen LogP contribution is 2.24.